The van der Waals surface area contributed by atoms with E-state index in [-0.39, 0.29) is 30.1 Å². The van der Waals surface area contributed by atoms with Crippen molar-refractivity contribution in [3.63, 3.8) is 0 Å². The Hall–Kier alpha value is -3.94. The van der Waals surface area contributed by atoms with Crippen LogP contribution in [0.5, 0.6) is 0 Å². The van der Waals surface area contributed by atoms with Gasteiger partial charge in [-0.2, -0.15) is 4.72 Å². The third-order valence-corrected chi connectivity index (χ3v) is 11.1. The molecule has 4 aromatic carbocycles. The normalized spacial score (nSPS) is 21.7. The van der Waals surface area contributed by atoms with Gasteiger partial charge < -0.3 is 24.6 Å². The molecule has 5 atom stereocenters. The van der Waals surface area contributed by atoms with E-state index in [1.165, 1.54) is 12.1 Å². The van der Waals surface area contributed by atoms with Gasteiger partial charge in [0.15, 0.2) is 6.29 Å². The number of aliphatic hydroxyl groups is 1. The van der Waals surface area contributed by atoms with Crippen LogP contribution >= 0.6 is 0 Å². The summed E-state index contributed by atoms with van der Waals surface area (Å²) in [5.74, 6) is -0.477. The van der Waals surface area contributed by atoms with E-state index in [1.54, 1.807) is 31.4 Å². The zero-order chi connectivity index (χ0) is 35.8. The lowest BCUT2D eigenvalue weighted by Gasteiger charge is -2.38. The second-order valence-corrected chi connectivity index (χ2v) is 15.1. The van der Waals surface area contributed by atoms with E-state index >= 15 is 0 Å². The maximum atomic E-state index is 13.7. The molecule has 0 saturated carbocycles. The Bertz CT molecular complexity index is 1820. The molecule has 0 unspecified atom stereocenters. The fourth-order valence-electron chi connectivity index (χ4n) is 6.77. The van der Waals surface area contributed by atoms with Crippen molar-refractivity contribution in [2.24, 2.45) is 0 Å². The van der Waals surface area contributed by atoms with Crippen LogP contribution in [-0.4, -0.2) is 69.3 Å². The number of sulfonamides is 1. The van der Waals surface area contributed by atoms with Gasteiger partial charge in [-0.15, -0.1) is 0 Å². The summed E-state index contributed by atoms with van der Waals surface area (Å²) in [5, 5.41) is 12.5. The van der Waals surface area contributed by atoms with Crippen LogP contribution in [0.1, 0.15) is 59.5 Å². The molecule has 2 fully saturated rings. The number of likely N-dealkylation sites (tertiary alicyclic amines) is 1. The highest BCUT2D eigenvalue weighted by Gasteiger charge is 2.35. The number of aliphatic hydroxyl groups excluding tert-OH is 1. The Morgan fingerprint density at radius 1 is 0.922 bits per heavy atom. The van der Waals surface area contributed by atoms with Gasteiger partial charge >= 0.3 is 0 Å². The standard InChI is InChI=1S/C40H47N3O7S/c1-28-10-20-36(21-11-28)51(46,47)42-37(23-29-7-4-3-5-8-29)39(45)41-33-18-16-32(17-19-33)40-49-35(25-43-22-6-9-34(43)27-48-2)24-38(50-40)31-14-12-30(26-44)13-15-31/h3-5,7-8,10-21,34-35,37-38,40,42,44H,6,9,22-27H2,1-2H3,(H,41,45)/t34-,35-,37+,38+,40+/m0/s1. The average Bonchev–Trinajstić information content (AvgIpc) is 3.58. The van der Waals surface area contributed by atoms with E-state index in [1.807, 2.05) is 73.7 Å². The van der Waals surface area contributed by atoms with Crippen molar-refractivity contribution in [3.05, 3.63) is 131 Å². The number of carbonyl (C=O) groups is 1. The summed E-state index contributed by atoms with van der Waals surface area (Å²) in [7, 11) is -2.24. The molecule has 1 amide bonds. The monoisotopic (exact) mass is 713 g/mol. The van der Waals surface area contributed by atoms with Crippen LogP contribution in [0.25, 0.3) is 0 Å². The van der Waals surface area contributed by atoms with Gasteiger partial charge in [0.1, 0.15) is 6.04 Å². The van der Waals surface area contributed by atoms with Gasteiger partial charge in [-0.25, -0.2) is 8.42 Å². The summed E-state index contributed by atoms with van der Waals surface area (Å²) < 4.78 is 47.9. The minimum Gasteiger partial charge on any atom is -0.392 e. The predicted octanol–water partition coefficient (Wildman–Crippen LogP) is 5.67. The first-order valence-electron chi connectivity index (χ1n) is 17.5. The number of hydrogen-bond donors (Lipinski definition) is 3. The zero-order valence-corrected chi connectivity index (χ0v) is 29.9. The number of aryl methyl sites for hydroxylation is 1. The molecular weight excluding hydrogens is 667 g/mol. The van der Waals surface area contributed by atoms with Crippen LogP contribution in [0.3, 0.4) is 0 Å². The Labute approximate surface area is 300 Å². The highest BCUT2D eigenvalue weighted by molar-refractivity contribution is 7.89. The molecule has 11 heteroatoms. The third-order valence-electron chi connectivity index (χ3n) is 9.59. The van der Waals surface area contributed by atoms with Crippen molar-refractivity contribution in [2.75, 3.05) is 32.1 Å². The first-order chi connectivity index (χ1) is 24.7. The van der Waals surface area contributed by atoms with Gasteiger partial charge in [-0.05, 0) is 73.7 Å². The summed E-state index contributed by atoms with van der Waals surface area (Å²) >= 11 is 0. The second-order valence-electron chi connectivity index (χ2n) is 13.4. The summed E-state index contributed by atoms with van der Waals surface area (Å²) in [4.78, 5) is 16.2. The molecule has 6 rings (SSSR count). The molecule has 10 nitrogen and oxygen atoms in total. The van der Waals surface area contributed by atoms with Crippen LogP contribution in [0, 0.1) is 6.92 Å². The number of amides is 1. The highest BCUT2D eigenvalue weighted by Crippen LogP contribution is 2.39. The lowest BCUT2D eigenvalue weighted by molar-refractivity contribution is -0.253. The number of ether oxygens (including phenoxy) is 3. The number of rotatable bonds is 14. The van der Waals surface area contributed by atoms with Crippen molar-refractivity contribution in [2.45, 2.75) is 74.7 Å². The minimum atomic E-state index is -3.97. The van der Waals surface area contributed by atoms with E-state index in [2.05, 4.69) is 14.9 Å². The number of nitrogens with zero attached hydrogens (tertiary/aromatic N) is 1. The molecule has 0 spiro atoms. The van der Waals surface area contributed by atoms with E-state index in [0.717, 1.165) is 53.7 Å². The molecule has 2 aliphatic rings. The molecule has 0 radical (unpaired) electrons. The van der Waals surface area contributed by atoms with Crippen LogP contribution in [0.2, 0.25) is 0 Å². The number of carbonyl (C=O) groups excluding carboxylic acids is 1. The van der Waals surface area contributed by atoms with E-state index < -0.39 is 28.3 Å². The first kappa shape index (κ1) is 36.8. The third kappa shape index (κ3) is 9.69. The van der Waals surface area contributed by atoms with E-state index in [4.69, 9.17) is 14.2 Å². The van der Waals surface area contributed by atoms with Crippen molar-refractivity contribution in [3.8, 4) is 0 Å². The molecule has 2 saturated heterocycles. The number of hydrogen-bond acceptors (Lipinski definition) is 8. The molecule has 270 valence electrons. The number of nitrogens with one attached hydrogen (secondary N) is 2. The molecule has 2 aliphatic heterocycles. The number of methoxy groups -OCH3 is 1. The van der Waals surface area contributed by atoms with Gasteiger partial charge in [-0.3, -0.25) is 9.69 Å². The quantitative estimate of drug-likeness (QED) is 0.153. The largest absolute Gasteiger partial charge is 0.392 e. The Morgan fingerprint density at radius 2 is 1.63 bits per heavy atom. The summed E-state index contributed by atoms with van der Waals surface area (Å²) in [6.07, 6.45) is 2.11. The zero-order valence-electron chi connectivity index (χ0n) is 29.1. The Morgan fingerprint density at radius 3 is 2.31 bits per heavy atom. The fraction of sp³-hybridized carbons (Fsp3) is 0.375. The van der Waals surface area contributed by atoms with Crippen LogP contribution in [0.15, 0.2) is 108 Å². The number of benzene rings is 4. The molecule has 0 aromatic heterocycles. The molecule has 0 aliphatic carbocycles. The van der Waals surface area contributed by atoms with Crippen LogP contribution in [-0.2, 0) is 42.1 Å². The molecule has 3 N–H and O–H groups in total. The Kier molecular flexibility index (Phi) is 12.3. The summed E-state index contributed by atoms with van der Waals surface area (Å²) in [6, 6.07) is 30.2. The van der Waals surface area contributed by atoms with Crippen LogP contribution in [0.4, 0.5) is 5.69 Å². The Balaban J connectivity index is 1.18. The molecular formula is C40H47N3O7S. The summed E-state index contributed by atoms with van der Waals surface area (Å²) in [5.41, 5.74) is 4.92. The smallest absolute Gasteiger partial charge is 0.242 e. The van der Waals surface area contributed by atoms with Gasteiger partial charge in [0, 0.05) is 37.4 Å². The van der Waals surface area contributed by atoms with Crippen LogP contribution < -0.4 is 10.0 Å². The molecule has 2 heterocycles. The lowest BCUT2D eigenvalue weighted by Crippen LogP contribution is -2.45. The second kappa shape index (κ2) is 17.1. The maximum Gasteiger partial charge on any atom is 0.242 e. The van der Waals surface area contributed by atoms with Gasteiger partial charge in [0.2, 0.25) is 15.9 Å². The number of anilines is 1. The minimum absolute atomic E-state index is 0.0233. The topological polar surface area (TPSA) is 126 Å². The maximum absolute atomic E-state index is 13.7. The fourth-order valence-corrected chi connectivity index (χ4v) is 7.97. The van der Waals surface area contributed by atoms with Crippen molar-refractivity contribution >= 4 is 21.6 Å². The molecule has 51 heavy (non-hydrogen) atoms. The average molecular weight is 714 g/mol. The highest BCUT2D eigenvalue weighted by atomic mass is 32.2. The first-order valence-corrected chi connectivity index (χ1v) is 19.0. The van der Waals surface area contributed by atoms with Crippen molar-refractivity contribution in [1.82, 2.24) is 9.62 Å². The van der Waals surface area contributed by atoms with E-state index in [0.29, 0.717) is 24.8 Å². The SMILES string of the molecule is COC[C@@H]1CCCN1C[C@@H]1C[C@H](c2ccc(CO)cc2)O[C@H](c2ccc(NC(=O)[C@@H](Cc3ccccc3)NS(=O)(=O)c3ccc(C)cc3)cc2)O1. The van der Waals surface area contributed by atoms with Gasteiger partial charge in [0.25, 0.3) is 0 Å². The van der Waals surface area contributed by atoms with Gasteiger partial charge in [0.05, 0.1) is 30.3 Å². The molecule has 4 aromatic rings. The molecule has 0 bridgehead atoms. The van der Waals surface area contributed by atoms with Gasteiger partial charge in [-0.1, -0.05) is 84.4 Å². The van der Waals surface area contributed by atoms with Crippen molar-refractivity contribution < 1.29 is 32.5 Å². The lowest BCUT2D eigenvalue weighted by atomic mass is 9.99. The van der Waals surface area contributed by atoms with E-state index in [9.17, 15) is 18.3 Å². The predicted molar refractivity (Wildman–Crippen MR) is 195 cm³/mol. The summed E-state index contributed by atoms with van der Waals surface area (Å²) in [6.45, 7) is 4.30. The van der Waals surface area contributed by atoms with Crippen molar-refractivity contribution in [1.29, 1.82) is 0 Å².